The Hall–Kier alpha value is -4.52. The van der Waals surface area contributed by atoms with Crippen LogP contribution in [-0.4, -0.2) is 29.0 Å². The first kappa shape index (κ1) is 24.1. The lowest BCUT2D eigenvalue weighted by atomic mass is 10.1. The average molecular weight is 463 g/mol. The summed E-state index contributed by atoms with van der Waals surface area (Å²) in [4.78, 5) is 32.4. The zero-order valence-corrected chi connectivity index (χ0v) is 18.1. The van der Waals surface area contributed by atoms with Crippen molar-refractivity contribution in [2.75, 3.05) is 13.2 Å². The Morgan fingerprint density at radius 2 is 1.44 bits per heavy atom. The van der Waals surface area contributed by atoms with Crippen LogP contribution >= 0.6 is 0 Å². The van der Waals surface area contributed by atoms with Gasteiger partial charge in [0, 0.05) is 12.1 Å². The van der Waals surface area contributed by atoms with Crippen LogP contribution in [-0.2, 0) is 4.74 Å². The quantitative estimate of drug-likeness (QED) is 0.161. The van der Waals surface area contributed by atoms with Crippen LogP contribution in [0, 0.1) is 31.6 Å². The summed E-state index contributed by atoms with van der Waals surface area (Å²) in [5.74, 6) is -0.0921. The number of nitriles is 1. The van der Waals surface area contributed by atoms with E-state index in [1.807, 2.05) is 30.3 Å². The predicted molar refractivity (Wildman–Crippen MR) is 123 cm³/mol. The molecule has 3 aromatic carbocycles. The van der Waals surface area contributed by atoms with E-state index in [1.165, 1.54) is 0 Å². The summed E-state index contributed by atoms with van der Waals surface area (Å²) >= 11 is 0. The molecule has 0 heterocycles. The molecule has 10 heteroatoms. The Labute approximate surface area is 194 Å². The van der Waals surface area contributed by atoms with Gasteiger partial charge in [0.05, 0.1) is 46.3 Å². The second kappa shape index (κ2) is 11.4. The van der Waals surface area contributed by atoms with Crippen molar-refractivity contribution in [1.82, 2.24) is 0 Å². The molecule has 3 aromatic rings. The van der Waals surface area contributed by atoms with Crippen molar-refractivity contribution in [2.45, 2.75) is 25.7 Å². The Kier molecular flexibility index (Phi) is 8.07. The van der Waals surface area contributed by atoms with E-state index in [0.717, 1.165) is 54.0 Å². The average Bonchev–Trinajstić information content (AvgIpc) is 2.84. The highest BCUT2D eigenvalue weighted by molar-refractivity contribution is 5.91. The lowest BCUT2D eigenvalue weighted by Crippen LogP contribution is -2.08. The van der Waals surface area contributed by atoms with Crippen molar-refractivity contribution in [3.8, 4) is 11.8 Å². The molecule has 3 rings (SSSR count). The number of hydrogen-bond donors (Lipinski definition) is 0. The van der Waals surface area contributed by atoms with E-state index in [9.17, 15) is 25.0 Å². The molecule has 10 nitrogen and oxygen atoms in total. The van der Waals surface area contributed by atoms with Crippen LogP contribution in [0.25, 0.3) is 10.8 Å². The van der Waals surface area contributed by atoms with E-state index in [1.54, 1.807) is 6.07 Å². The maximum absolute atomic E-state index is 12.1. The Morgan fingerprint density at radius 3 is 2.09 bits per heavy atom. The van der Waals surface area contributed by atoms with E-state index < -0.39 is 27.2 Å². The fourth-order valence-corrected chi connectivity index (χ4v) is 3.30. The van der Waals surface area contributed by atoms with E-state index >= 15 is 0 Å². The third kappa shape index (κ3) is 6.49. The number of hydrogen-bond acceptors (Lipinski definition) is 8. The monoisotopic (exact) mass is 463 g/mol. The zero-order valence-electron chi connectivity index (χ0n) is 18.1. The molecule has 0 amide bonds. The minimum atomic E-state index is -0.840. The molecular formula is C24H21N3O7. The molecule has 0 fully saturated rings. The van der Waals surface area contributed by atoms with Gasteiger partial charge in [0.25, 0.3) is 11.4 Å². The lowest BCUT2D eigenvalue weighted by Gasteiger charge is -2.08. The minimum Gasteiger partial charge on any atom is -0.494 e. The summed E-state index contributed by atoms with van der Waals surface area (Å²) in [6.07, 6.45) is 3.01. The number of rotatable bonds is 11. The molecule has 0 saturated heterocycles. The smallest absolute Gasteiger partial charge is 0.338 e. The van der Waals surface area contributed by atoms with Gasteiger partial charge in [-0.2, -0.15) is 5.26 Å². The number of benzene rings is 3. The van der Waals surface area contributed by atoms with E-state index in [0.29, 0.717) is 18.6 Å². The summed E-state index contributed by atoms with van der Waals surface area (Å²) < 4.78 is 10.9. The molecule has 0 bridgehead atoms. The van der Waals surface area contributed by atoms with Crippen LogP contribution in [0.4, 0.5) is 11.4 Å². The van der Waals surface area contributed by atoms with Crippen LogP contribution in [0.5, 0.6) is 5.75 Å². The fraction of sp³-hybridized carbons (Fsp3) is 0.250. The number of nitro benzene ring substituents is 2. The summed E-state index contributed by atoms with van der Waals surface area (Å²) in [5, 5.41) is 32.8. The second-order valence-electron chi connectivity index (χ2n) is 7.49. The molecule has 0 spiro atoms. The standard InChI is InChI=1S/C24H21N3O7/c25-16-17-5-6-19-14-23(8-7-18(19)11-17)33-9-3-1-2-4-10-34-24(28)20-12-21(26(29)30)15-22(13-20)27(31)32/h5-8,11-15H,1-4,9-10H2. The van der Waals surface area contributed by atoms with Gasteiger partial charge in [-0.25, -0.2) is 4.79 Å². The maximum Gasteiger partial charge on any atom is 0.338 e. The van der Waals surface area contributed by atoms with Gasteiger partial charge in [-0.3, -0.25) is 20.2 Å². The van der Waals surface area contributed by atoms with E-state index in [4.69, 9.17) is 14.7 Å². The molecular weight excluding hydrogens is 442 g/mol. The maximum atomic E-state index is 12.1. The number of esters is 1. The predicted octanol–water partition coefficient (Wildman–Crippen LogP) is 5.32. The van der Waals surface area contributed by atoms with Crippen LogP contribution in [0.3, 0.4) is 0 Å². The van der Waals surface area contributed by atoms with Gasteiger partial charge in [-0.05, 0) is 60.7 Å². The zero-order chi connectivity index (χ0) is 24.5. The lowest BCUT2D eigenvalue weighted by molar-refractivity contribution is -0.394. The molecule has 0 aliphatic rings. The topological polar surface area (TPSA) is 146 Å². The molecule has 0 aliphatic heterocycles. The first-order valence-corrected chi connectivity index (χ1v) is 10.5. The third-order valence-corrected chi connectivity index (χ3v) is 5.04. The summed E-state index contributed by atoms with van der Waals surface area (Å²) in [6, 6.07) is 16.0. The number of ether oxygens (including phenoxy) is 2. The molecule has 0 atom stereocenters. The largest absolute Gasteiger partial charge is 0.494 e. The van der Waals surface area contributed by atoms with Crippen LogP contribution in [0.15, 0.2) is 54.6 Å². The number of carbonyl (C=O) groups is 1. The fourth-order valence-electron chi connectivity index (χ4n) is 3.30. The van der Waals surface area contributed by atoms with Crippen molar-refractivity contribution in [3.05, 3.63) is 86.0 Å². The Balaban J connectivity index is 1.37. The van der Waals surface area contributed by atoms with Crippen molar-refractivity contribution < 1.29 is 24.1 Å². The first-order chi connectivity index (χ1) is 16.4. The molecule has 0 aliphatic carbocycles. The van der Waals surface area contributed by atoms with E-state index in [2.05, 4.69) is 6.07 Å². The number of nitro groups is 2. The minimum absolute atomic E-state index is 0.103. The van der Waals surface area contributed by atoms with Gasteiger partial charge in [-0.1, -0.05) is 12.1 Å². The van der Waals surface area contributed by atoms with Gasteiger partial charge >= 0.3 is 5.97 Å². The van der Waals surface area contributed by atoms with Gasteiger partial charge in [0.15, 0.2) is 0 Å². The molecule has 0 unspecified atom stereocenters. The summed E-state index contributed by atoms with van der Waals surface area (Å²) in [6.45, 7) is 0.629. The van der Waals surface area contributed by atoms with E-state index in [-0.39, 0.29) is 12.2 Å². The molecule has 0 N–H and O–H groups in total. The number of unbranched alkanes of at least 4 members (excludes halogenated alkanes) is 3. The highest BCUT2D eigenvalue weighted by Crippen LogP contribution is 2.24. The van der Waals surface area contributed by atoms with Gasteiger partial charge in [0.1, 0.15) is 5.75 Å². The molecule has 0 radical (unpaired) electrons. The number of non-ortho nitro benzene ring substituents is 2. The number of nitrogens with zero attached hydrogens (tertiary/aromatic N) is 3. The second-order valence-corrected chi connectivity index (χ2v) is 7.49. The molecule has 174 valence electrons. The molecule has 0 saturated carbocycles. The normalized spacial score (nSPS) is 10.4. The van der Waals surface area contributed by atoms with Crippen LogP contribution < -0.4 is 4.74 Å². The van der Waals surface area contributed by atoms with Gasteiger partial charge in [-0.15, -0.1) is 0 Å². The number of fused-ring (bicyclic) bond motifs is 1. The van der Waals surface area contributed by atoms with Gasteiger partial charge < -0.3 is 9.47 Å². The summed E-state index contributed by atoms with van der Waals surface area (Å²) in [5.41, 5.74) is -0.703. The highest BCUT2D eigenvalue weighted by atomic mass is 16.6. The Bertz CT molecular complexity index is 1230. The third-order valence-electron chi connectivity index (χ3n) is 5.04. The van der Waals surface area contributed by atoms with Crippen molar-refractivity contribution >= 4 is 28.1 Å². The van der Waals surface area contributed by atoms with Crippen molar-refractivity contribution in [3.63, 3.8) is 0 Å². The molecule has 34 heavy (non-hydrogen) atoms. The first-order valence-electron chi connectivity index (χ1n) is 10.5. The van der Waals surface area contributed by atoms with Crippen LogP contribution in [0.1, 0.15) is 41.6 Å². The SMILES string of the molecule is N#Cc1ccc2cc(OCCCCCCOC(=O)c3cc([N+](=O)[O-])cc([N+](=O)[O-])c3)ccc2c1. The Morgan fingerprint density at radius 1 is 0.824 bits per heavy atom. The highest BCUT2D eigenvalue weighted by Gasteiger charge is 2.20. The summed E-state index contributed by atoms with van der Waals surface area (Å²) in [7, 11) is 0. The van der Waals surface area contributed by atoms with Crippen molar-refractivity contribution in [2.24, 2.45) is 0 Å². The molecule has 0 aromatic heterocycles. The van der Waals surface area contributed by atoms with Crippen molar-refractivity contribution in [1.29, 1.82) is 5.26 Å². The van der Waals surface area contributed by atoms with Crippen LogP contribution in [0.2, 0.25) is 0 Å². The number of carbonyl (C=O) groups excluding carboxylic acids is 1. The van der Waals surface area contributed by atoms with Gasteiger partial charge in [0.2, 0.25) is 0 Å².